The van der Waals surface area contributed by atoms with Gasteiger partial charge in [-0.25, -0.2) is 8.42 Å². The zero-order chi connectivity index (χ0) is 28.0. The minimum absolute atomic E-state index is 0. The van der Waals surface area contributed by atoms with Gasteiger partial charge < -0.3 is 21.1 Å². The van der Waals surface area contributed by atoms with Gasteiger partial charge in [-0.1, -0.05) is 44.2 Å². The van der Waals surface area contributed by atoms with E-state index < -0.39 is 22.2 Å². The molecule has 0 spiro atoms. The Balaban J connectivity index is 0.00000441. The minimum atomic E-state index is -3.43. The van der Waals surface area contributed by atoms with Gasteiger partial charge in [-0.3, -0.25) is 9.10 Å². The van der Waals surface area contributed by atoms with Gasteiger partial charge in [0, 0.05) is 36.9 Å². The number of hydrogen-bond donors (Lipinski definition) is 4. The van der Waals surface area contributed by atoms with E-state index in [0.29, 0.717) is 60.9 Å². The number of aliphatic hydroxyl groups is 1. The first-order chi connectivity index (χ1) is 18.6. The Morgan fingerprint density at radius 3 is 2.55 bits per heavy atom. The molecule has 3 atom stereocenters. The van der Waals surface area contributed by atoms with Crippen molar-refractivity contribution in [2.24, 2.45) is 5.41 Å². The Hall–Kier alpha value is -2.33. The summed E-state index contributed by atoms with van der Waals surface area (Å²) in [4.78, 5) is 13.6. The van der Waals surface area contributed by atoms with Crippen molar-refractivity contribution in [3.8, 4) is 0 Å². The minimum Gasteiger partial charge on any atom is -0.390 e. The van der Waals surface area contributed by atoms with Crippen LogP contribution in [0.25, 0.3) is 0 Å². The van der Waals surface area contributed by atoms with Gasteiger partial charge in [0.1, 0.15) is 0 Å². The Bertz CT molecular complexity index is 1230. The molecule has 1 aliphatic carbocycles. The second kappa shape index (κ2) is 14.0. The highest BCUT2D eigenvalue weighted by atomic mass is 35.5. The molecule has 222 valence electrons. The normalized spacial score (nSPS) is 21.2. The van der Waals surface area contributed by atoms with Gasteiger partial charge in [-0.05, 0) is 74.6 Å². The summed E-state index contributed by atoms with van der Waals surface area (Å²) in [7, 11) is -3.43. The van der Waals surface area contributed by atoms with Crippen molar-refractivity contribution < 1.29 is 18.3 Å². The molecule has 2 aliphatic rings. The molecule has 2 fully saturated rings. The number of amides is 1. The van der Waals surface area contributed by atoms with Crippen LogP contribution in [0.2, 0.25) is 0 Å². The third-order valence-corrected chi connectivity index (χ3v) is 9.73. The third kappa shape index (κ3) is 8.59. The zero-order valence-corrected chi connectivity index (χ0v) is 25.5. The molecule has 1 unspecified atom stereocenters. The maximum absolute atomic E-state index is 13.6. The maximum atomic E-state index is 13.6. The predicted octanol–water partition coefficient (Wildman–Crippen LogP) is 4.34. The van der Waals surface area contributed by atoms with E-state index in [9.17, 15) is 18.3 Å². The number of carbonyl (C=O) groups is 1. The van der Waals surface area contributed by atoms with E-state index in [4.69, 9.17) is 0 Å². The highest BCUT2D eigenvalue weighted by Crippen LogP contribution is 2.37. The first kappa shape index (κ1) is 32.2. The van der Waals surface area contributed by atoms with E-state index in [-0.39, 0.29) is 24.1 Å². The first-order valence-electron chi connectivity index (χ1n) is 14.2. The lowest BCUT2D eigenvalue weighted by atomic mass is 9.92. The fourth-order valence-corrected chi connectivity index (χ4v) is 7.34. The Labute approximate surface area is 245 Å². The standard InChI is InChI=1S/C30H44N4O4S.ClH/c1-4-31-25-17-23(18-26(19-25)34-14-8-9-15-39(34,37)38)29(36)33-27(16-22-10-6-5-7-11-22)28(35)21-32-24-12-13-30(2,3)20-24;/h5-7,10-11,17-19,24,27-28,31-32,35H,4,8-9,12-16,20-21H2,1-3H3,(H,33,36);1H/t24?,27-,28+;/m0./s1. The van der Waals surface area contributed by atoms with E-state index in [2.05, 4.69) is 29.8 Å². The van der Waals surface area contributed by atoms with Crippen molar-refractivity contribution in [3.63, 3.8) is 0 Å². The number of halogens is 1. The quantitative estimate of drug-likeness (QED) is 0.309. The molecular weight excluding hydrogens is 548 g/mol. The molecular formula is C30H45ClN4O4S. The van der Waals surface area contributed by atoms with E-state index in [1.54, 1.807) is 18.2 Å². The number of rotatable bonds is 11. The summed E-state index contributed by atoms with van der Waals surface area (Å²) in [5.41, 5.74) is 2.86. The van der Waals surface area contributed by atoms with Gasteiger partial charge >= 0.3 is 0 Å². The zero-order valence-electron chi connectivity index (χ0n) is 23.9. The summed E-state index contributed by atoms with van der Waals surface area (Å²) in [6, 6.07) is 14.8. The number of nitrogens with one attached hydrogen (secondary N) is 3. The average Bonchev–Trinajstić information content (AvgIpc) is 3.25. The maximum Gasteiger partial charge on any atom is 0.251 e. The molecule has 4 rings (SSSR count). The molecule has 0 aromatic heterocycles. The second-order valence-electron chi connectivity index (χ2n) is 11.7. The summed E-state index contributed by atoms with van der Waals surface area (Å²) in [6.45, 7) is 7.92. The van der Waals surface area contributed by atoms with Crippen LogP contribution in [0.5, 0.6) is 0 Å². The molecule has 0 radical (unpaired) electrons. The molecule has 4 N–H and O–H groups in total. The highest BCUT2D eigenvalue weighted by molar-refractivity contribution is 7.92. The number of benzene rings is 2. The molecule has 2 aromatic rings. The predicted molar refractivity (Wildman–Crippen MR) is 165 cm³/mol. The lowest BCUT2D eigenvalue weighted by molar-refractivity contribution is 0.0824. The number of sulfonamides is 1. The van der Waals surface area contributed by atoms with Crippen LogP contribution in [-0.2, 0) is 16.4 Å². The number of carbonyl (C=O) groups excluding carboxylic acids is 1. The Morgan fingerprint density at radius 2 is 1.90 bits per heavy atom. The van der Waals surface area contributed by atoms with E-state index in [0.717, 1.165) is 31.2 Å². The third-order valence-electron chi connectivity index (χ3n) is 7.86. The monoisotopic (exact) mass is 592 g/mol. The number of aliphatic hydroxyl groups excluding tert-OH is 1. The van der Waals surface area contributed by atoms with Crippen LogP contribution in [0.3, 0.4) is 0 Å². The van der Waals surface area contributed by atoms with Crippen LogP contribution < -0.4 is 20.3 Å². The summed E-state index contributed by atoms with van der Waals surface area (Å²) in [6.07, 6.45) is 4.40. The molecule has 0 bridgehead atoms. The fourth-order valence-electron chi connectivity index (χ4n) is 5.71. The molecule has 1 aliphatic heterocycles. The van der Waals surface area contributed by atoms with Gasteiger partial charge in [0.05, 0.1) is 23.6 Å². The van der Waals surface area contributed by atoms with E-state index in [1.807, 2.05) is 37.3 Å². The van der Waals surface area contributed by atoms with Gasteiger partial charge in [-0.2, -0.15) is 0 Å². The smallest absolute Gasteiger partial charge is 0.251 e. The average molecular weight is 593 g/mol. The van der Waals surface area contributed by atoms with Gasteiger partial charge in [0.15, 0.2) is 0 Å². The Kier molecular flexibility index (Phi) is 11.3. The molecule has 8 nitrogen and oxygen atoms in total. The summed E-state index contributed by atoms with van der Waals surface area (Å²) < 4.78 is 27.0. The molecule has 40 heavy (non-hydrogen) atoms. The number of hydrogen-bond acceptors (Lipinski definition) is 6. The molecule has 1 amide bonds. The van der Waals surface area contributed by atoms with Crippen molar-refractivity contribution in [1.29, 1.82) is 0 Å². The number of anilines is 2. The largest absolute Gasteiger partial charge is 0.390 e. The van der Waals surface area contributed by atoms with Crippen molar-refractivity contribution in [1.82, 2.24) is 10.6 Å². The van der Waals surface area contributed by atoms with Crippen molar-refractivity contribution in [2.75, 3.05) is 35.0 Å². The molecule has 1 saturated heterocycles. The van der Waals surface area contributed by atoms with Crippen LogP contribution >= 0.6 is 12.4 Å². The molecule has 1 saturated carbocycles. The summed E-state index contributed by atoms with van der Waals surface area (Å²) in [5, 5.41) is 21.1. The molecule has 2 aromatic carbocycles. The van der Waals surface area contributed by atoms with Crippen LogP contribution in [0.1, 0.15) is 68.8 Å². The first-order valence-corrected chi connectivity index (χ1v) is 15.8. The van der Waals surface area contributed by atoms with Crippen LogP contribution in [0.15, 0.2) is 48.5 Å². The van der Waals surface area contributed by atoms with Gasteiger partial charge in [-0.15, -0.1) is 12.4 Å². The van der Waals surface area contributed by atoms with Crippen LogP contribution in [0, 0.1) is 5.41 Å². The Morgan fingerprint density at radius 1 is 1.15 bits per heavy atom. The number of nitrogens with zero attached hydrogens (tertiary/aromatic N) is 1. The molecule has 10 heteroatoms. The van der Waals surface area contributed by atoms with Crippen molar-refractivity contribution >= 4 is 39.7 Å². The van der Waals surface area contributed by atoms with Crippen molar-refractivity contribution in [2.45, 2.75) is 77.5 Å². The van der Waals surface area contributed by atoms with Crippen molar-refractivity contribution in [3.05, 3.63) is 59.7 Å². The second-order valence-corrected chi connectivity index (χ2v) is 13.8. The highest BCUT2D eigenvalue weighted by Gasteiger charge is 2.32. The van der Waals surface area contributed by atoms with Crippen LogP contribution in [0.4, 0.5) is 11.4 Å². The van der Waals surface area contributed by atoms with Gasteiger partial charge in [0.25, 0.3) is 5.91 Å². The lowest BCUT2D eigenvalue weighted by Crippen LogP contribution is -2.50. The van der Waals surface area contributed by atoms with Gasteiger partial charge in [0.2, 0.25) is 10.0 Å². The summed E-state index contributed by atoms with van der Waals surface area (Å²) >= 11 is 0. The van der Waals surface area contributed by atoms with Crippen LogP contribution in [-0.4, -0.2) is 63.0 Å². The van der Waals surface area contributed by atoms with E-state index >= 15 is 0 Å². The SMILES string of the molecule is CCNc1cc(C(=O)N[C@@H](Cc2ccccc2)[C@H](O)CNC2CCC(C)(C)C2)cc(N2CCCCS2(=O)=O)c1.Cl. The molecule has 1 heterocycles. The summed E-state index contributed by atoms with van der Waals surface area (Å²) in [5.74, 6) is -0.233. The van der Waals surface area contributed by atoms with E-state index in [1.165, 1.54) is 4.31 Å². The topological polar surface area (TPSA) is 111 Å². The lowest BCUT2D eigenvalue weighted by Gasteiger charge is -2.29. The fraction of sp³-hybridized carbons (Fsp3) is 0.567.